The number of nitrogens with zero attached hydrogens (tertiary/aromatic N) is 3. The van der Waals surface area contributed by atoms with Gasteiger partial charge in [-0.1, -0.05) is 19.1 Å². The van der Waals surface area contributed by atoms with Crippen molar-refractivity contribution < 1.29 is 4.79 Å². The van der Waals surface area contributed by atoms with Crippen LogP contribution in [0.4, 0.5) is 5.69 Å². The van der Waals surface area contributed by atoms with Crippen LogP contribution >= 0.6 is 24.0 Å². The number of likely N-dealkylation sites (tertiary alicyclic amines) is 1. The first kappa shape index (κ1) is 22.9. The molecule has 0 bridgehead atoms. The summed E-state index contributed by atoms with van der Waals surface area (Å²) in [4.78, 5) is 20.6. The molecule has 2 heterocycles. The van der Waals surface area contributed by atoms with Gasteiger partial charge in [-0.25, -0.2) is 0 Å². The lowest BCUT2D eigenvalue weighted by atomic mass is 10.1. The first-order chi connectivity index (χ1) is 13.0. The van der Waals surface area contributed by atoms with Crippen molar-refractivity contribution in [1.29, 1.82) is 0 Å². The summed E-state index contributed by atoms with van der Waals surface area (Å²) in [5.41, 5.74) is 2.17. The smallest absolute Gasteiger partial charge is 0.227 e. The average Bonchev–Trinajstić information content (AvgIpc) is 3.25. The van der Waals surface area contributed by atoms with E-state index < -0.39 is 0 Å². The zero-order valence-electron chi connectivity index (χ0n) is 17.4. The average molecular weight is 499 g/mol. The molecule has 3 rings (SSSR count). The van der Waals surface area contributed by atoms with Crippen molar-refractivity contribution in [3.8, 4) is 0 Å². The molecule has 2 fully saturated rings. The fourth-order valence-electron chi connectivity index (χ4n) is 3.88. The highest BCUT2D eigenvalue weighted by atomic mass is 127. The summed E-state index contributed by atoms with van der Waals surface area (Å²) in [6, 6.07) is 9.24. The lowest BCUT2D eigenvalue weighted by molar-refractivity contribution is -0.117. The Labute approximate surface area is 186 Å². The molecule has 0 radical (unpaired) electrons. The van der Waals surface area contributed by atoms with E-state index in [1.807, 2.05) is 24.1 Å². The third-order valence-electron chi connectivity index (χ3n) is 5.70. The Bertz CT molecular complexity index is 676. The van der Waals surface area contributed by atoms with Gasteiger partial charge in [-0.15, -0.1) is 24.0 Å². The van der Waals surface area contributed by atoms with E-state index in [4.69, 9.17) is 0 Å². The van der Waals surface area contributed by atoms with Crippen LogP contribution in [0, 0.1) is 5.92 Å². The van der Waals surface area contributed by atoms with Crippen LogP contribution in [0.3, 0.4) is 0 Å². The third-order valence-corrected chi connectivity index (χ3v) is 5.70. The van der Waals surface area contributed by atoms with E-state index in [1.165, 1.54) is 5.56 Å². The monoisotopic (exact) mass is 499 g/mol. The minimum Gasteiger partial charge on any atom is -0.352 e. The van der Waals surface area contributed by atoms with E-state index in [0.717, 1.165) is 37.7 Å². The summed E-state index contributed by atoms with van der Waals surface area (Å²) in [5.74, 6) is 1.67. The molecule has 6 nitrogen and oxygen atoms in total. The molecule has 1 aromatic rings. The number of rotatable bonds is 5. The molecular weight excluding hydrogens is 465 g/mol. The Hall–Kier alpha value is -1.35. The summed E-state index contributed by atoms with van der Waals surface area (Å²) < 4.78 is 0. The maximum atomic E-state index is 11.9. The molecule has 2 unspecified atom stereocenters. The second-order valence-electron chi connectivity index (χ2n) is 8.02. The second kappa shape index (κ2) is 10.4. The van der Waals surface area contributed by atoms with E-state index in [0.29, 0.717) is 31.0 Å². The summed E-state index contributed by atoms with van der Waals surface area (Å²) in [6.07, 6.45) is 1.62. The number of carbonyl (C=O) groups is 1. The number of aliphatic imine (C=N–C) groups is 1. The molecule has 156 valence electrons. The van der Waals surface area contributed by atoms with Gasteiger partial charge in [-0.2, -0.15) is 0 Å². The molecule has 0 saturated carbocycles. The fraction of sp³-hybridized carbons (Fsp3) is 0.619. The topological polar surface area (TPSA) is 60.0 Å². The molecule has 2 N–H and O–H groups in total. The van der Waals surface area contributed by atoms with Gasteiger partial charge in [0.05, 0.1) is 0 Å². The van der Waals surface area contributed by atoms with E-state index in [-0.39, 0.29) is 29.9 Å². The molecule has 1 amide bonds. The Kier molecular flexibility index (Phi) is 8.55. The number of halogens is 1. The lowest BCUT2D eigenvalue weighted by Crippen LogP contribution is -2.46. The second-order valence-corrected chi connectivity index (χ2v) is 8.02. The Morgan fingerprint density at radius 3 is 2.50 bits per heavy atom. The van der Waals surface area contributed by atoms with Gasteiger partial charge in [-0.05, 0) is 43.9 Å². The van der Waals surface area contributed by atoms with Crippen molar-refractivity contribution in [2.75, 3.05) is 31.6 Å². The van der Waals surface area contributed by atoms with E-state index >= 15 is 0 Å². The van der Waals surface area contributed by atoms with Crippen LogP contribution in [-0.2, 0) is 11.3 Å². The maximum Gasteiger partial charge on any atom is 0.227 e. The predicted molar refractivity (Wildman–Crippen MR) is 126 cm³/mol. The normalized spacial score (nSPS) is 23.2. The Morgan fingerprint density at radius 2 is 1.96 bits per heavy atom. The first-order valence-electron chi connectivity index (χ1n) is 10.1. The minimum absolute atomic E-state index is 0. The minimum atomic E-state index is 0. The summed E-state index contributed by atoms with van der Waals surface area (Å²) in [7, 11) is 1.82. The van der Waals surface area contributed by atoms with Gasteiger partial charge in [0.15, 0.2) is 5.96 Å². The number of benzene rings is 1. The molecule has 28 heavy (non-hydrogen) atoms. The number of amides is 1. The quantitative estimate of drug-likeness (QED) is 0.372. The van der Waals surface area contributed by atoms with Crippen LogP contribution in [0.25, 0.3) is 0 Å². The van der Waals surface area contributed by atoms with Gasteiger partial charge in [0, 0.05) is 57.4 Å². The Balaban J connectivity index is 0.00000280. The molecule has 0 aromatic heterocycles. The van der Waals surface area contributed by atoms with Crippen molar-refractivity contribution >= 4 is 41.5 Å². The lowest BCUT2D eigenvalue weighted by Gasteiger charge is -2.22. The predicted octanol–water partition coefficient (Wildman–Crippen LogP) is 2.83. The molecule has 2 aliphatic rings. The summed E-state index contributed by atoms with van der Waals surface area (Å²) >= 11 is 0. The van der Waals surface area contributed by atoms with Crippen LogP contribution in [0.1, 0.15) is 39.2 Å². The summed E-state index contributed by atoms with van der Waals surface area (Å²) in [6.45, 7) is 10.5. The van der Waals surface area contributed by atoms with Crippen molar-refractivity contribution in [1.82, 2.24) is 15.5 Å². The highest BCUT2D eigenvalue weighted by molar-refractivity contribution is 14.0. The van der Waals surface area contributed by atoms with Gasteiger partial charge >= 0.3 is 0 Å². The number of hydrogen-bond donors (Lipinski definition) is 2. The zero-order chi connectivity index (χ0) is 19.4. The number of carbonyl (C=O) groups excluding carboxylic acids is 1. The third kappa shape index (κ3) is 5.59. The molecule has 2 atom stereocenters. The fourth-order valence-corrected chi connectivity index (χ4v) is 3.88. The molecule has 1 aromatic carbocycles. The number of nitrogens with one attached hydrogen (secondary N) is 2. The largest absolute Gasteiger partial charge is 0.352 e. The standard InChI is InChI=1S/C21H33N5O.HI/c1-15(2)25-13-16(3)19(14-25)24-21(22-4)23-12-17-7-9-18(10-8-17)26-11-5-6-20(26)27;/h7-10,15-16,19H,5-6,11-14H2,1-4H3,(H2,22,23,24);1H. The van der Waals surface area contributed by atoms with E-state index in [9.17, 15) is 4.79 Å². The number of guanidine groups is 1. The van der Waals surface area contributed by atoms with Crippen molar-refractivity contribution in [3.05, 3.63) is 29.8 Å². The molecule has 2 aliphatic heterocycles. The van der Waals surface area contributed by atoms with E-state index in [1.54, 1.807) is 0 Å². The van der Waals surface area contributed by atoms with Gasteiger partial charge in [-0.3, -0.25) is 14.7 Å². The van der Waals surface area contributed by atoms with Crippen LogP contribution in [0.2, 0.25) is 0 Å². The van der Waals surface area contributed by atoms with Gasteiger partial charge in [0.2, 0.25) is 5.91 Å². The van der Waals surface area contributed by atoms with Crippen LogP contribution in [-0.4, -0.2) is 55.5 Å². The zero-order valence-corrected chi connectivity index (χ0v) is 19.8. The number of hydrogen-bond acceptors (Lipinski definition) is 3. The van der Waals surface area contributed by atoms with Crippen molar-refractivity contribution in [3.63, 3.8) is 0 Å². The molecule has 7 heteroatoms. The van der Waals surface area contributed by atoms with Gasteiger partial charge in [0.1, 0.15) is 0 Å². The van der Waals surface area contributed by atoms with Crippen LogP contribution in [0.5, 0.6) is 0 Å². The molecule has 0 spiro atoms. The highest BCUT2D eigenvalue weighted by Crippen LogP contribution is 2.21. The molecular formula is C21H34IN5O. The van der Waals surface area contributed by atoms with Crippen LogP contribution < -0.4 is 15.5 Å². The van der Waals surface area contributed by atoms with E-state index in [2.05, 4.69) is 53.4 Å². The van der Waals surface area contributed by atoms with Crippen molar-refractivity contribution in [2.45, 2.75) is 52.2 Å². The summed E-state index contributed by atoms with van der Waals surface area (Å²) in [5, 5.41) is 6.99. The molecule has 2 saturated heterocycles. The highest BCUT2D eigenvalue weighted by Gasteiger charge is 2.31. The first-order valence-corrected chi connectivity index (χ1v) is 10.1. The molecule has 0 aliphatic carbocycles. The van der Waals surface area contributed by atoms with Gasteiger partial charge < -0.3 is 15.5 Å². The SMILES string of the molecule is CN=C(NCc1ccc(N2CCCC2=O)cc1)NC1CN(C(C)C)CC1C.I. The number of anilines is 1. The maximum absolute atomic E-state index is 11.9. The van der Waals surface area contributed by atoms with Crippen LogP contribution in [0.15, 0.2) is 29.3 Å². The Morgan fingerprint density at radius 1 is 1.25 bits per heavy atom. The van der Waals surface area contributed by atoms with Gasteiger partial charge in [0.25, 0.3) is 0 Å². The van der Waals surface area contributed by atoms with Crippen molar-refractivity contribution in [2.24, 2.45) is 10.9 Å².